The average Bonchev–Trinajstić information content (AvgIpc) is 3.12. The van der Waals surface area contributed by atoms with Crippen LogP contribution in [-0.4, -0.2) is 48.9 Å². The van der Waals surface area contributed by atoms with Crippen LogP contribution >= 0.6 is 11.6 Å². The van der Waals surface area contributed by atoms with Gasteiger partial charge in [-0.15, -0.1) is 0 Å². The van der Waals surface area contributed by atoms with Gasteiger partial charge in [0.25, 0.3) is 0 Å². The van der Waals surface area contributed by atoms with E-state index in [1.807, 2.05) is 66.7 Å². The molecule has 0 saturated carbocycles. The SMILES string of the molecule is CC1=NC(COCCc2ccccn2)=C(C(=O)NCCC(c2ccccc2)c2ccccc2)C(c2cccc(Cl)c2)C1C(=O)OCCC#N. The molecule has 250 valence electrons. The maximum atomic E-state index is 14.4. The summed E-state index contributed by atoms with van der Waals surface area (Å²) >= 11 is 6.46. The average molecular weight is 675 g/mol. The number of hydrogen-bond donors (Lipinski definition) is 1. The maximum Gasteiger partial charge on any atom is 0.315 e. The lowest BCUT2D eigenvalue weighted by atomic mass is 9.75. The fourth-order valence-electron chi connectivity index (χ4n) is 6.18. The maximum absolute atomic E-state index is 14.4. The predicted molar refractivity (Wildman–Crippen MR) is 190 cm³/mol. The topological polar surface area (TPSA) is 114 Å². The standard InChI is InChI=1S/C40H39ClN4O4/c1-28-36(40(47)49-24-11-21-42)37(31-16-10-17-32(41)26-31)38(35(45-28)27-48-25-20-33-18-8-9-22-43-33)39(46)44-23-19-34(29-12-4-2-5-13-29)30-14-6-3-7-15-30/h2-10,12-18,22,26,34,36-37H,11,19-20,23-25,27H2,1H3,(H,44,46). The lowest BCUT2D eigenvalue weighted by Crippen LogP contribution is -2.40. The largest absolute Gasteiger partial charge is 0.464 e. The van der Waals surface area contributed by atoms with Gasteiger partial charge in [0.05, 0.1) is 31.4 Å². The van der Waals surface area contributed by atoms with Gasteiger partial charge in [-0.2, -0.15) is 5.26 Å². The third kappa shape index (κ3) is 9.50. The van der Waals surface area contributed by atoms with Crippen molar-refractivity contribution in [3.8, 4) is 6.07 Å². The highest BCUT2D eigenvalue weighted by molar-refractivity contribution is 6.30. The van der Waals surface area contributed by atoms with Crippen LogP contribution in [0.3, 0.4) is 0 Å². The number of halogens is 1. The van der Waals surface area contributed by atoms with Crippen molar-refractivity contribution in [1.82, 2.24) is 10.3 Å². The molecule has 4 aromatic rings. The van der Waals surface area contributed by atoms with Crippen molar-refractivity contribution >= 4 is 29.2 Å². The molecule has 8 nitrogen and oxygen atoms in total. The molecular weight excluding hydrogens is 636 g/mol. The number of pyridine rings is 1. The molecule has 0 bridgehead atoms. The Kier molecular flexibility index (Phi) is 12.9. The number of nitriles is 1. The second-order valence-corrected chi connectivity index (χ2v) is 12.2. The van der Waals surface area contributed by atoms with Crippen molar-refractivity contribution in [2.75, 3.05) is 26.4 Å². The Balaban J connectivity index is 1.45. The van der Waals surface area contributed by atoms with Gasteiger partial charge in [-0.05, 0) is 54.3 Å². The van der Waals surface area contributed by atoms with Crippen molar-refractivity contribution in [3.05, 3.63) is 148 Å². The van der Waals surface area contributed by atoms with Crippen LogP contribution in [-0.2, 0) is 25.5 Å². The Labute approximate surface area is 292 Å². The van der Waals surface area contributed by atoms with Crippen LogP contribution < -0.4 is 5.32 Å². The van der Waals surface area contributed by atoms with E-state index in [0.29, 0.717) is 53.6 Å². The van der Waals surface area contributed by atoms with Crippen molar-refractivity contribution in [2.24, 2.45) is 10.9 Å². The zero-order valence-electron chi connectivity index (χ0n) is 27.4. The summed E-state index contributed by atoms with van der Waals surface area (Å²) in [4.78, 5) is 37.2. The molecule has 0 fully saturated rings. The van der Waals surface area contributed by atoms with Crippen molar-refractivity contribution in [2.45, 2.75) is 38.0 Å². The summed E-state index contributed by atoms with van der Waals surface area (Å²) in [6.45, 7) is 2.47. The molecule has 0 saturated heterocycles. The minimum atomic E-state index is -0.906. The number of hydrogen-bond acceptors (Lipinski definition) is 7. The molecule has 2 heterocycles. The van der Waals surface area contributed by atoms with E-state index in [1.54, 1.807) is 31.3 Å². The third-order valence-corrected chi connectivity index (χ3v) is 8.71. The summed E-state index contributed by atoms with van der Waals surface area (Å²) in [5.41, 5.74) is 5.11. The van der Waals surface area contributed by atoms with E-state index in [1.165, 1.54) is 0 Å². The lowest BCUT2D eigenvalue weighted by Gasteiger charge is -2.33. The van der Waals surface area contributed by atoms with E-state index in [-0.39, 0.29) is 31.5 Å². The first-order valence-corrected chi connectivity index (χ1v) is 16.8. The molecule has 1 amide bonds. The smallest absolute Gasteiger partial charge is 0.315 e. The van der Waals surface area contributed by atoms with E-state index in [0.717, 1.165) is 16.8 Å². The number of ether oxygens (including phenoxy) is 2. The summed E-state index contributed by atoms with van der Waals surface area (Å²) < 4.78 is 11.6. The molecule has 0 spiro atoms. The minimum Gasteiger partial charge on any atom is -0.464 e. The Morgan fingerprint density at radius 3 is 2.31 bits per heavy atom. The summed E-state index contributed by atoms with van der Waals surface area (Å²) in [5.74, 6) is -2.51. The van der Waals surface area contributed by atoms with E-state index >= 15 is 0 Å². The van der Waals surface area contributed by atoms with Crippen LogP contribution in [0.1, 0.15) is 54.0 Å². The van der Waals surface area contributed by atoms with Crippen LogP contribution in [0, 0.1) is 17.2 Å². The second-order valence-electron chi connectivity index (χ2n) is 11.7. The fraction of sp³-hybridized carbons (Fsp3) is 0.275. The highest BCUT2D eigenvalue weighted by atomic mass is 35.5. The number of aliphatic imine (C=N–C) groups is 1. The number of nitrogens with zero attached hydrogens (tertiary/aromatic N) is 3. The number of carbonyl (C=O) groups is 2. The van der Waals surface area contributed by atoms with Gasteiger partial charge in [-0.1, -0.05) is 90.5 Å². The van der Waals surface area contributed by atoms with Crippen LogP contribution in [0.25, 0.3) is 0 Å². The third-order valence-electron chi connectivity index (χ3n) is 8.47. The molecule has 1 aliphatic rings. The zero-order valence-corrected chi connectivity index (χ0v) is 28.2. The molecule has 5 rings (SSSR count). The van der Waals surface area contributed by atoms with Gasteiger partial charge in [0, 0.05) is 53.0 Å². The first kappa shape index (κ1) is 35.2. The molecule has 1 N–H and O–H groups in total. The normalized spacial score (nSPS) is 15.8. The molecule has 0 aliphatic carbocycles. The Hall–Kier alpha value is -5.10. The molecule has 9 heteroatoms. The second kappa shape index (κ2) is 17.9. The quantitative estimate of drug-likeness (QED) is 0.105. The monoisotopic (exact) mass is 674 g/mol. The highest BCUT2D eigenvalue weighted by Gasteiger charge is 2.42. The first-order valence-electron chi connectivity index (χ1n) is 16.4. The molecule has 2 unspecified atom stereocenters. The highest BCUT2D eigenvalue weighted by Crippen LogP contribution is 2.40. The van der Waals surface area contributed by atoms with Crippen LogP contribution in [0.5, 0.6) is 0 Å². The minimum absolute atomic E-state index is 0.0524. The van der Waals surface area contributed by atoms with Crippen LogP contribution in [0.15, 0.2) is 126 Å². The van der Waals surface area contributed by atoms with Crippen LogP contribution in [0.4, 0.5) is 0 Å². The van der Waals surface area contributed by atoms with E-state index in [4.69, 9.17) is 31.3 Å². The number of nitrogens with one attached hydrogen (secondary N) is 1. The molecule has 0 radical (unpaired) electrons. The number of amides is 1. The van der Waals surface area contributed by atoms with Gasteiger partial charge in [-0.3, -0.25) is 19.6 Å². The first-order chi connectivity index (χ1) is 24.0. The van der Waals surface area contributed by atoms with Crippen molar-refractivity contribution in [3.63, 3.8) is 0 Å². The van der Waals surface area contributed by atoms with E-state index in [2.05, 4.69) is 34.6 Å². The molecule has 1 aliphatic heterocycles. The van der Waals surface area contributed by atoms with Gasteiger partial charge in [-0.25, -0.2) is 0 Å². The summed E-state index contributed by atoms with van der Waals surface area (Å²) in [6.07, 6.45) is 3.02. The number of rotatable bonds is 15. The number of aromatic nitrogens is 1. The summed E-state index contributed by atoms with van der Waals surface area (Å²) in [7, 11) is 0. The van der Waals surface area contributed by atoms with Gasteiger partial charge in [0.1, 0.15) is 12.5 Å². The van der Waals surface area contributed by atoms with Gasteiger partial charge in [0.15, 0.2) is 0 Å². The molecule has 1 aromatic heterocycles. The molecular formula is C40H39ClN4O4. The van der Waals surface area contributed by atoms with Crippen molar-refractivity contribution < 1.29 is 19.1 Å². The fourth-order valence-corrected chi connectivity index (χ4v) is 6.38. The van der Waals surface area contributed by atoms with E-state index < -0.39 is 17.8 Å². The predicted octanol–water partition coefficient (Wildman–Crippen LogP) is 7.22. The summed E-state index contributed by atoms with van der Waals surface area (Å²) in [6, 6.07) is 35.3. The Bertz CT molecular complexity index is 1770. The molecule has 49 heavy (non-hydrogen) atoms. The van der Waals surface area contributed by atoms with E-state index in [9.17, 15) is 9.59 Å². The Morgan fingerprint density at radius 2 is 1.65 bits per heavy atom. The number of benzene rings is 3. The number of carbonyl (C=O) groups excluding carboxylic acids is 2. The lowest BCUT2D eigenvalue weighted by molar-refractivity contribution is -0.146. The molecule has 3 aromatic carbocycles. The summed E-state index contributed by atoms with van der Waals surface area (Å²) in [5, 5.41) is 12.7. The van der Waals surface area contributed by atoms with Crippen LogP contribution in [0.2, 0.25) is 5.02 Å². The Morgan fingerprint density at radius 1 is 0.939 bits per heavy atom. The van der Waals surface area contributed by atoms with Gasteiger partial charge in [0.2, 0.25) is 5.91 Å². The van der Waals surface area contributed by atoms with Gasteiger partial charge < -0.3 is 14.8 Å². The number of esters is 1. The molecule has 2 atom stereocenters. The van der Waals surface area contributed by atoms with Crippen molar-refractivity contribution in [1.29, 1.82) is 5.26 Å². The van der Waals surface area contributed by atoms with Gasteiger partial charge >= 0.3 is 5.97 Å². The zero-order chi connectivity index (χ0) is 34.4.